The van der Waals surface area contributed by atoms with Crippen LogP contribution in [0.2, 0.25) is 0 Å². The second-order valence-corrected chi connectivity index (χ2v) is 6.83. The van der Waals surface area contributed by atoms with Crippen molar-refractivity contribution in [2.45, 2.75) is 44.3 Å². The van der Waals surface area contributed by atoms with Gasteiger partial charge in [-0.05, 0) is 30.4 Å². The monoisotopic (exact) mass is 330 g/mol. The highest BCUT2D eigenvalue weighted by molar-refractivity contribution is 5.75. The summed E-state index contributed by atoms with van der Waals surface area (Å²) in [4.78, 5) is 27.6. The zero-order chi connectivity index (χ0) is 17.3. The Kier molecular flexibility index (Phi) is 4.76. The van der Waals surface area contributed by atoms with Gasteiger partial charge in [-0.25, -0.2) is 4.79 Å². The van der Waals surface area contributed by atoms with Crippen LogP contribution in [0, 0.1) is 0 Å². The van der Waals surface area contributed by atoms with Crippen molar-refractivity contribution in [1.29, 1.82) is 0 Å². The molecule has 1 aliphatic carbocycles. The van der Waals surface area contributed by atoms with E-state index in [0.717, 1.165) is 24.8 Å². The zero-order valence-electron chi connectivity index (χ0n) is 14.4. The molecule has 3 rings (SSSR count). The van der Waals surface area contributed by atoms with E-state index in [9.17, 15) is 9.59 Å². The van der Waals surface area contributed by atoms with Crippen molar-refractivity contribution in [2.75, 3.05) is 20.1 Å². The first-order valence-corrected chi connectivity index (χ1v) is 8.59. The van der Waals surface area contributed by atoms with Crippen LogP contribution in [0.1, 0.15) is 36.9 Å². The Hall–Kier alpha value is -2.08. The summed E-state index contributed by atoms with van der Waals surface area (Å²) in [5, 5.41) is 3.09. The van der Waals surface area contributed by atoms with E-state index in [-0.39, 0.29) is 30.1 Å². The SMILES string of the molecule is CC(=O)N(C)C1CCN(C(=O)N[C@@H]2Cc3ccccc3[C@H]2N)CC1. The molecule has 3 amide bonds. The molecule has 1 heterocycles. The lowest BCUT2D eigenvalue weighted by Crippen LogP contribution is -2.52. The van der Waals surface area contributed by atoms with Crippen molar-refractivity contribution in [3.05, 3.63) is 35.4 Å². The molecule has 3 N–H and O–H groups in total. The Labute approximate surface area is 143 Å². The smallest absolute Gasteiger partial charge is 0.317 e. The summed E-state index contributed by atoms with van der Waals surface area (Å²) in [6.07, 6.45) is 2.42. The molecule has 1 fully saturated rings. The molecule has 130 valence electrons. The minimum absolute atomic E-state index is 0.0486. The van der Waals surface area contributed by atoms with Crippen molar-refractivity contribution < 1.29 is 9.59 Å². The third-order valence-corrected chi connectivity index (χ3v) is 5.39. The first-order chi connectivity index (χ1) is 11.5. The number of piperidine rings is 1. The molecular formula is C18H26N4O2. The Morgan fingerprint density at radius 3 is 2.54 bits per heavy atom. The van der Waals surface area contributed by atoms with E-state index >= 15 is 0 Å². The van der Waals surface area contributed by atoms with E-state index in [1.807, 2.05) is 30.1 Å². The van der Waals surface area contributed by atoms with Gasteiger partial charge in [-0.1, -0.05) is 24.3 Å². The maximum atomic E-state index is 12.5. The number of nitrogens with one attached hydrogen (secondary N) is 1. The van der Waals surface area contributed by atoms with Gasteiger partial charge in [-0.2, -0.15) is 0 Å². The fourth-order valence-electron chi connectivity index (χ4n) is 3.73. The second kappa shape index (κ2) is 6.81. The van der Waals surface area contributed by atoms with Crippen LogP contribution >= 0.6 is 0 Å². The Morgan fingerprint density at radius 2 is 1.92 bits per heavy atom. The molecule has 6 nitrogen and oxygen atoms in total. The van der Waals surface area contributed by atoms with Gasteiger partial charge in [0, 0.05) is 33.1 Å². The first-order valence-electron chi connectivity index (χ1n) is 8.59. The Balaban J connectivity index is 1.53. The lowest BCUT2D eigenvalue weighted by Gasteiger charge is -2.37. The number of hydrogen-bond donors (Lipinski definition) is 2. The number of amides is 3. The predicted molar refractivity (Wildman–Crippen MR) is 92.4 cm³/mol. The molecule has 0 saturated carbocycles. The summed E-state index contributed by atoms with van der Waals surface area (Å²) >= 11 is 0. The number of urea groups is 1. The molecule has 24 heavy (non-hydrogen) atoms. The van der Waals surface area contributed by atoms with Crippen molar-refractivity contribution in [3.8, 4) is 0 Å². The van der Waals surface area contributed by atoms with Gasteiger partial charge in [0.1, 0.15) is 0 Å². The van der Waals surface area contributed by atoms with E-state index in [1.54, 1.807) is 11.8 Å². The van der Waals surface area contributed by atoms with Gasteiger partial charge in [-0.15, -0.1) is 0 Å². The predicted octanol–water partition coefficient (Wildman–Crippen LogP) is 1.26. The van der Waals surface area contributed by atoms with Crippen LogP contribution in [0.15, 0.2) is 24.3 Å². The van der Waals surface area contributed by atoms with Gasteiger partial charge in [0.2, 0.25) is 5.91 Å². The van der Waals surface area contributed by atoms with E-state index in [1.165, 1.54) is 5.56 Å². The average molecular weight is 330 g/mol. The van der Waals surface area contributed by atoms with E-state index in [0.29, 0.717) is 13.1 Å². The number of likely N-dealkylation sites (tertiary alicyclic amines) is 1. The fourth-order valence-corrected chi connectivity index (χ4v) is 3.73. The molecule has 6 heteroatoms. The molecule has 0 bridgehead atoms. The van der Waals surface area contributed by atoms with Crippen LogP contribution in [-0.4, -0.2) is 54.0 Å². The van der Waals surface area contributed by atoms with Gasteiger partial charge in [0.25, 0.3) is 0 Å². The molecule has 0 radical (unpaired) electrons. The molecule has 1 aliphatic heterocycles. The number of carbonyl (C=O) groups excluding carboxylic acids is 2. The summed E-state index contributed by atoms with van der Waals surface area (Å²) in [7, 11) is 1.83. The summed E-state index contributed by atoms with van der Waals surface area (Å²) in [6, 6.07) is 8.08. The zero-order valence-corrected chi connectivity index (χ0v) is 14.4. The second-order valence-electron chi connectivity index (χ2n) is 6.83. The number of fused-ring (bicyclic) bond motifs is 1. The summed E-state index contributed by atoms with van der Waals surface area (Å²) in [5.41, 5.74) is 8.63. The fraction of sp³-hybridized carbons (Fsp3) is 0.556. The number of hydrogen-bond acceptors (Lipinski definition) is 3. The molecule has 1 aromatic rings. The van der Waals surface area contributed by atoms with Crippen LogP contribution in [0.4, 0.5) is 4.79 Å². The highest BCUT2D eigenvalue weighted by atomic mass is 16.2. The summed E-state index contributed by atoms with van der Waals surface area (Å²) < 4.78 is 0. The van der Waals surface area contributed by atoms with Crippen molar-refractivity contribution in [3.63, 3.8) is 0 Å². The van der Waals surface area contributed by atoms with Crippen molar-refractivity contribution >= 4 is 11.9 Å². The maximum Gasteiger partial charge on any atom is 0.317 e. The molecule has 0 unspecified atom stereocenters. The number of nitrogens with two attached hydrogens (primary N) is 1. The standard InChI is InChI=1S/C18H26N4O2/c1-12(23)21(2)14-7-9-22(10-8-14)18(24)20-16-11-13-5-3-4-6-15(13)17(16)19/h3-6,14,16-17H,7-11,19H2,1-2H3,(H,20,24)/t16-,17-/m1/s1. The van der Waals surface area contributed by atoms with Crippen LogP contribution in [0.25, 0.3) is 0 Å². The Morgan fingerprint density at radius 1 is 1.25 bits per heavy atom. The topological polar surface area (TPSA) is 78.7 Å². The van der Waals surface area contributed by atoms with Crippen LogP contribution in [-0.2, 0) is 11.2 Å². The van der Waals surface area contributed by atoms with E-state index < -0.39 is 0 Å². The van der Waals surface area contributed by atoms with Gasteiger partial charge < -0.3 is 20.9 Å². The van der Waals surface area contributed by atoms with E-state index in [4.69, 9.17) is 5.73 Å². The van der Waals surface area contributed by atoms with Crippen LogP contribution in [0.3, 0.4) is 0 Å². The Bertz CT molecular complexity index is 625. The minimum Gasteiger partial charge on any atom is -0.343 e. The lowest BCUT2D eigenvalue weighted by molar-refractivity contribution is -0.130. The molecule has 2 atom stereocenters. The highest BCUT2D eigenvalue weighted by Gasteiger charge is 2.33. The molecular weight excluding hydrogens is 304 g/mol. The normalized spacial score (nSPS) is 23.7. The lowest BCUT2D eigenvalue weighted by atomic mass is 10.0. The molecule has 0 aromatic heterocycles. The molecule has 2 aliphatic rings. The van der Waals surface area contributed by atoms with E-state index in [2.05, 4.69) is 11.4 Å². The summed E-state index contributed by atoms with van der Waals surface area (Å²) in [6.45, 7) is 2.92. The maximum absolute atomic E-state index is 12.5. The highest BCUT2D eigenvalue weighted by Crippen LogP contribution is 2.29. The van der Waals surface area contributed by atoms with Crippen molar-refractivity contribution in [2.24, 2.45) is 5.73 Å². The van der Waals surface area contributed by atoms with Gasteiger partial charge in [0.05, 0.1) is 12.1 Å². The number of nitrogens with zero attached hydrogens (tertiary/aromatic N) is 2. The summed E-state index contributed by atoms with van der Waals surface area (Å²) in [5.74, 6) is 0.0765. The van der Waals surface area contributed by atoms with Crippen molar-refractivity contribution in [1.82, 2.24) is 15.1 Å². The van der Waals surface area contributed by atoms with Crippen LogP contribution < -0.4 is 11.1 Å². The number of carbonyl (C=O) groups is 2. The van der Waals surface area contributed by atoms with Gasteiger partial charge in [0.15, 0.2) is 0 Å². The molecule has 0 spiro atoms. The third kappa shape index (κ3) is 3.24. The van der Waals surface area contributed by atoms with Gasteiger partial charge in [-0.3, -0.25) is 4.79 Å². The third-order valence-electron chi connectivity index (χ3n) is 5.39. The van der Waals surface area contributed by atoms with Crippen LogP contribution in [0.5, 0.6) is 0 Å². The number of benzene rings is 1. The minimum atomic E-state index is -0.147. The first kappa shape index (κ1) is 16.8. The molecule has 1 aromatic carbocycles. The quantitative estimate of drug-likeness (QED) is 0.857. The average Bonchev–Trinajstić information content (AvgIpc) is 2.90. The largest absolute Gasteiger partial charge is 0.343 e. The number of rotatable bonds is 2. The van der Waals surface area contributed by atoms with Gasteiger partial charge >= 0.3 is 6.03 Å². The molecule has 1 saturated heterocycles.